The first-order chi connectivity index (χ1) is 15.2. The Hall–Kier alpha value is -1.50. The van der Waals surface area contributed by atoms with Gasteiger partial charge in [0.2, 0.25) is 0 Å². The molecule has 3 aromatic carbocycles. The Labute approximate surface area is 205 Å². The molecule has 168 valence electrons. The first-order valence-electron chi connectivity index (χ1n) is 12.0. The van der Waals surface area contributed by atoms with Crippen molar-refractivity contribution in [1.29, 1.82) is 0 Å². The van der Waals surface area contributed by atoms with E-state index in [9.17, 15) is 0 Å². The van der Waals surface area contributed by atoms with E-state index < -0.39 is 0 Å². The Morgan fingerprint density at radius 1 is 0.500 bits per heavy atom. The van der Waals surface area contributed by atoms with Crippen molar-refractivity contribution in [1.82, 2.24) is 0 Å². The third kappa shape index (κ3) is 4.87. The Kier molecular flexibility index (Phi) is 8.34. The Balaban J connectivity index is 2.44. The summed E-state index contributed by atoms with van der Waals surface area (Å²) in [5.74, 6) is 2.00. The molecular weight excluding hydrogens is 464 g/mol. The van der Waals surface area contributed by atoms with Crippen LogP contribution in [0.1, 0.15) is 101 Å². The van der Waals surface area contributed by atoms with Crippen molar-refractivity contribution < 1.29 is 0 Å². The Morgan fingerprint density at radius 2 is 0.781 bits per heavy atom. The molecule has 0 N–H and O–H groups in total. The normalized spacial score (nSPS) is 12.0. The van der Waals surface area contributed by atoms with E-state index in [1.807, 2.05) is 0 Å². The van der Waals surface area contributed by atoms with Gasteiger partial charge in [-0.05, 0) is 0 Å². The van der Waals surface area contributed by atoms with Crippen LogP contribution in [-0.2, 0) is 0 Å². The average Bonchev–Trinajstić information content (AvgIpc) is 2.77. The summed E-state index contributed by atoms with van der Waals surface area (Å²) in [5, 5.41) is 1.51. The van der Waals surface area contributed by atoms with E-state index in [1.165, 1.54) is 72.1 Å². The molecule has 32 heavy (non-hydrogen) atoms. The van der Waals surface area contributed by atoms with Crippen molar-refractivity contribution in [2.24, 2.45) is 0 Å². The van der Waals surface area contributed by atoms with E-state index in [1.54, 1.807) is 0 Å². The standard InChI is InChI=1S/C30H39GeP/c1-18(2)22-12-9-13-23(19(3)4)28(22)26-16-11-17-27(30(26)32-31)29-24(20(5)6)14-10-15-25(29)21(7)8/h9-21H,31H2,1-8H3. The summed E-state index contributed by atoms with van der Waals surface area (Å²) in [6.07, 6.45) is 0. The van der Waals surface area contributed by atoms with Gasteiger partial charge in [0.25, 0.3) is 0 Å². The van der Waals surface area contributed by atoms with Crippen LogP contribution in [0.15, 0.2) is 54.6 Å². The Morgan fingerprint density at radius 3 is 1.03 bits per heavy atom. The predicted octanol–water partition coefficient (Wildman–Crippen LogP) is 8.63. The number of benzene rings is 3. The van der Waals surface area contributed by atoms with E-state index in [0.717, 1.165) is 0 Å². The van der Waals surface area contributed by atoms with Crippen molar-refractivity contribution >= 4 is 27.6 Å². The predicted molar refractivity (Wildman–Crippen MR) is 149 cm³/mol. The molecule has 0 unspecified atom stereocenters. The second kappa shape index (κ2) is 10.6. The van der Waals surface area contributed by atoms with Gasteiger partial charge in [-0.3, -0.25) is 0 Å². The van der Waals surface area contributed by atoms with Crippen LogP contribution in [0.2, 0.25) is 0 Å². The molecule has 0 bridgehead atoms. The fourth-order valence-corrected chi connectivity index (χ4v) is 7.70. The van der Waals surface area contributed by atoms with E-state index in [0.29, 0.717) is 23.7 Å². The maximum absolute atomic E-state index is 2.38. The van der Waals surface area contributed by atoms with Gasteiger partial charge in [0.1, 0.15) is 0 Å². The van der Waals surface area contributed by atoms with Crippen molar-refractivity contribution in [3.05, 3.63) is 76.9 Å². The Bertz CT molecular complexity index is 972. The van der Waals surface area contributed by atoms with Gasteiger partial charge in [0.15, 0.2) is 0 Å². The zero-order chi connectivity index (χ0) is 23.6. The number of rotatable bonds is 7. The molecule has 0 saturated carbocycles. The minimum atomic E-state index is 0.499. The SMILES string of the molecule is CC(C)c1cccc(C(C)C)c1-c1cccc(-c2c(C(C)C)cccc2C(C)C)c1[P]=[GeH2]. The van der Waals surface area contributed by atoms with Crippen molar-refractivity contribution in [3.8, 4) is 22.3 Å². The van der Waals surface area contributed by atoms with Gasteiger partial charge in [-0.2, -0.15) is 0 Å². The van der Waals surface area contributed by atoms with E-state index >= 15 is 0 Å². The summed E-state index contributed by atoms with van der Waals surface area (Å²) in [6.45, 7) is 20.1. The van der Waals surface area contributed by atoms with Gasteiger partial charge in [-0.15, -0.1) is 0 Å². The van der Waals surface area contributed by atoms with Gasteiger partial charge >= 0.3 is 206 Å². The molecule has 0 nitrogen and oxygen atoms in total. The molecule has 0 spiro atoms. The van der Waals surface area contributed by atoms with E-state index in [4.69, 9.17) is 0 Å². The van der Waals surface area contributed by atoms with Crippen molar-refractivity contribution in [2.45, 2.75) is 79.1 Å². The van der Waals surface area contributed by atoms with Crippen LogP contribution in [0, 0.1) is 0 Å². The van der Waals surface area contributed by atoms with Gasteiger partial charge in [0.05, 0.1) is 0 Å². The van der Waals surface area contributed by atoms with Crippen LogP contribution in [0.5, 0.6) is 0 Å². The second-order valence-electron chi connectivity index (χ2n) is 10.1. The number of hydrogen-bond acceptors (Lipinski definition) is 0. The maximum atomic E-state index is 2.38. The van der Waals surface area contributed by atoms with E-state index in [2.05, 4.69) is 110 Å². The molecule has 0 aliphatic heterocycles. The van der Waals surface area contributed by atoms with Crippen LogP contribution in [0.25, 0.3) is 22.3 Å². The van der Waals surface area contributed by atoms with E-state index in [-0.39, 0.29) is 0 Å². The van der Waals surface area contributed by atoms with Gasteiger partial charge in [-0.25, -0.2) is 0 Å². The van der Waals surface area contributed by atoms with Crippen molar-refractivity contribution in [2.75, 3.05) is 0 Å². The summed E-state index contributed by atoms with van der Waals surface area (Å²) in [4.78, 5) is 0. The fraction of sp³-hybridized carbons (Fsp3) is 0.400. The molecular formula is C30H39GeP. The summed E-state index contributed by atoms with van der Waals surface area (Å²) in [7, 11) is 0. The molecule has 0 aromatic heterocycles. The second-order valence-corrected chi connectivity index (χ2v) is 12.9. The fourth-order valence-electron chi connectivity index (χ4n) is 4.84. The van der Waals surface area contributed by atoms with Crippen LogP contribution in [0.4, 0.5) is 0 Å². The van der Waals surface area contributed by atoms with Gasteiger partial charge in [-0.1, -0.05) is 0 Å². The molecule has 0 aliphatic rings. The van der Waals surface area contributed by atoms with Crippen LogP contribution in [0.3, 0.4) is 0 Å². The molecule has 0 aliphatic carbocycles. The number of hydrogen-bond donors (Lipinski definition) is 0. The van der Waals surface area contributed by atoms with Crippen LogP contribution in [-0.4, -0.2) is 15.6 Å². The molecule has 0 saturated heterocycles. The van der Waals surface area contributed by atoms with Crippen LogP contribution < -0.4 is 5.30 Å². The molecule has 2 heteroatoms. The third-order valence-electron chi connectivity index (χ3n) is 6.48. The first-order valence-corrected chi connectivity index (χ1v) is 17.1. The molecule has 3 rings (SSSR count). The third-order valence-corrected chi connectivity index (χ3v) is 9.27. The zero-order valence-electron chi connectivity index (χ0n) is 21.2. The van der Waals surface area contributed by atoms with Crippen molar-refractivity contribution in [3.63, 3.8) is 0 Å². The zero-order valence-corrected chi connectivity index (χ0v) is 25.0. The molecule has 0 atom stereocenters. The quantitative estimate of drug-likeness (QED) is 0.224. The summed E-state index contributed by atoms with van der Waals surface area (Å²) < 4.78 is 0. The van der Waals surface area contributed by atoms with Gasteiger partial charge < -0.3 is 0 Å². The topological polar surface area (TPSA) is 0 Å². The summed E-state index contributed by atoms with van der Waals surface area (Å²) in [5.41, 5.74) is 11.7. The first kappa shape index (κ1) is 25.1. The minimum absolute atomic E-state index is 0.499. The molecule has 3 aromatic rings. The average molecular weight is 503 g/mol. The molecule has 0 radical (unpaired) electrons. The molecule has 0 heterocycles. The molecule has 0 fully saturated rings. The van der Waals surface area contributed by atoms with Gasteiger partial charge in [0, 0.05) is 0 Å². The monoisotopic (exact) mass is 504 g/mol. The molecule has 0 amide bonds. The summed E-state index contributed by atoms with van der Waals surface area (Å²) >= 11 is 1.24. The van der Waals surface area contributed by atoms with Crippen LogP contribution >= 0.6 is 6.75 Å². The summed E-state index contributed by atoms with van der Waals surface area (Å²) in [6, 6.07) is 20.9.